The van der Waals surface area contributed by atoms with Crippen LogP contribution in [-0.2, 0) is 0 Å². The summed E-state index contributed by atoms with van der Waals surface area (Å²) < 4.78 is 0. The summed E-state index contributed by atoms with van der Waals surface area (Å²) in [5.41, 5.74) is 5.24. The van der Waals surface area contributed by atoms with E-state index in [1.807, 2.05) is 0 Å². The van der Waals surface area contributed by atoms with E-state index in [1.54, 1.807) is 0 Å². The molecule has 3 amide bonds. The van der Waals surface area contributed by atoms with Crippen molar-refractivity contribution < 1.29 is 9.59 Å². The van der Waals surface area contributed by atoms with E-state index in [1.165, 1.54) is 42.7 Å². The van der Waals surface area contributed by atoms with Gasteiger partial charge in [0, 0.05) is 33.7 Å². The summed E-state index contributed by atoms with van der Waals surface area (Å²) >= 11 is 11.6. The van der Waals surface area contributed by atoms with Crippen LogP contribution in [0.1, 0.15) is 10.4 Å². The van der Waals surface area contributed by atoms with Gasteiger partial charge >= 0.3 is 6.03 Å². The molecule has 0 saturated carbocycles. The fourth-order valence-corrected chi connectivity index (χ4v) is 2.00. The first-order valence-corrected chi connectivity index (χ1v) is 6.53. The van der Waals surface area contributed by atoms with Gasteiger partial charge in [-0.25, -0.2) is 10.2 Å². The zero-order valence-electron chi connectivity index (χ0n) is 10.6. The molecule has 0 saturated heterocycles. The van der Waals surface area contributed by atoms with Gasteiger partial charge in [-0.1, -0.05) is 23.2 Å². The number of benzene rings is 1. The van der Waals surface area contributed by atoms with Crippen molar-refractivity contribution in [1.82, 2.24) is 15.8 Å². The van der Waals surface area contributed by atoms with Gasteiger partial charge in [0.25, 0.3) is 5.91 Å². The van der Waals surface area contributed by atoms with Gasteiger partial charge in [-0.15, -0.1) is 0 Å². The molecule has 1 aromatic heterocycles. The second-order valence-electron chi connectivity index (χ2n) is 3.93. The largest absolute Gasteiger partial charge is 0.337 e. The molecule has 0 spiro atoms. The quantitative estimate of drug-likeness (QED) is 0.743. The van der Waals surface area contributed by atoms with E-state index in [4.69, 9.17) is 23.2 Å². The first kappa shape index (κ1) is 15.1. The third kappa shape index (κ3) is 4.62. The number of aromatic nitrogens is 1. The minimum absolute atomic E-state index is 0.371. The van der Waals surface area contributed by atoms with Crippen LogP contribution < -0.4 is 16.2 Å². The van der Waals surface area contributed by atoms with E-state index in [2.05, 4.69) is 21.2 Å². The Kier molecular flexibility index (Phi) is 4.97. The molecule has 0 aliphatic heterocycles. The number of nitrogens with one attached hydrogen (secondary N) is 3. The smallest absolute Gasteiger partial charge is 0.306 e. The molecular weight excluding hydrogens is 315 g/mol. The summed E-state index contributed by atoms with van der Waals surface area (Å²) in [6.07, 6.45) is 2.95. The van der Waals surface area contributed by atoms with Crippen LogP contribution in [0.4, 0.5) is 10.5 Å². The number of hydrogen-bond acceptors (Lipinski definition) is 3. The van der Waals surface area contributed by atoms with Crippen LogP contribution in [0.3, 0.4) is 0 Å². The van der Waals surface area contributed by atoms with E-state index < -0.39 is 11.9 Å². The van der Waals surface area contributed by atoms with Crippen LogP contribution >= 0.6 is 23.2 Å². The number of urea groups is 1. The Balaban J connectivity index is 1.89. The zero-order chi connectivity index (χ0) is 15.2. The summed E-state index contributed by atoms with van der Waals surface area (Å²) in [6, 6.07) is 7.00. The summed E-state index contributed by atoms with van der Waals surface area (Å²) in [5, 5.41) is 3.26. The van der Waals surface area contributed by atoms with Crippen molar-refractivity contribution in [2.24, 2.45) is 0 Å². The van der Waals surface area contributed by atoms with Gasteiger partial charge < -0.3 is 5.32 Å². The number of rotatable bonds is 2. The van der Waals surface area contributed by atoms with E-state index in [0.29, 0.717) is 21.3 Å². The number of carbonyl (C=O) groups is 2. The van der Waals surface area contributed by atoms with Crippen molar-refractivity contribution in [3.63, 3.8) is 0 Å². The average Bonchev–Trinajstić information content (AvgIpc) is 2.44. The van der Waals surface area contributed by atoms with Crippen LogP contribution in [0.5, 0.6) is 0 Å². The highest BCUT2D eigenvalue weighted by atomic mass is 35.5. The predicted octanol–water partition coefficient (Wildman–Crippen LogP) is 2.85. The van der Waals surface area contributed by atoms with Crippen LogP contribution in [-0.4, -0.2) is 16.9 Å². The van der Waals surface area contributed by atoms with E-state index in [0.717, 1.165) is 0 Å². The first-order chi connectivity index (χ1) is 10.0. The molecule has 8 heteroatoms. The van der Waals surface area contributed by atoms with Gasteiger partial charge in [0.05, 0.1) is 0 Å². The van der Waals surface area contributed by atoms with Crippen molar-refractivity contribution in [2.45, 2.75) is 0 Å². The van der Waals surface area contributed by atoms with Crippen LogP contribution in [0.2, 0.25) is 10.0 Å². The number of pyridine rings is 1. The lowest BCUT2D eigenvalue weighted by Crippen LogP contribution is -2.43. The van der Waals surface area contributed by atoms with E-state index >= 15 is 0 Å². The number of nitrogens with zero attached hydrogens (tertiary/aromatic N) is 1. The highest BCUT2D eigenvalue weighted by Gasteiger charge is 2.07. The van der Waals surface area contributed by atoms with Crippen LogP contribution in [0.25, 0.3) is 0 Å². The molecule has 0 unspecified atom stereocenters. The van der Waals surface area contributed by atoms with Crippen molar-refractivity contribution in [2.75, 3.05) is 5.32 Å². The number of hydrogen-bond donors (Lipinski definition) is 3. The fourth-order valence-electron chi connectivity index (χ4n) is 1.48. The maximum absolute atomic E-state index is 11.7. The topological polar surface area (TPSA) is 83.1 Å². The summed E-state index contributed by atoms with van der Waals surface area (Å²) in [5.74, 6) is -0.461. The second-order valence-corrected chi connectivity index (χ2v) is 4.80. The molecule has 2 rings (SSSR count). The fraction of sp³-hybridized carbons (Fsp3) is 0. The van der Waals surface area contributed by atoms with Crippen molar-refractivity contribution >= 4 is 40.8 Å². The average molecular weight is 325 g/mol. The van der Waals surface area contributed by atoms with Gasteiger partial charge in [0.15, 0.2) is 0 Å². The Morgan fingerprint density at radius 2 is 1.57 bits per heavy atom. The molecule has 2 aromatic rings. The van der Waals surface area contributed by atoms with Crippen LogP contribution in [0.15, 0.2) is 42.7 Å². The molecule has 6 nitrogen and oxygen atoms in total. The highest BCUT2D eigenvalue weighted by molar-refractivity contribution is 6.35. The van der Waals surface area contributed by atoms with Gasteiger partial charge in [-0.3, -0.25) is 15.2 Å². The molecule has 0 atom stereocenters. The lowest BCUT2D eigenvalue weighted by atomic mass is 10.3. The maximum Gasteiger partial charge on any atom is 0.337 e. The summed E-state index contributed by atoms with van der Waals surface area (Å²) in [6.45, 7) is 0. The summed E-state index contributed by atoms with van der Waals surface area (Å²) in [4.78, 5) is 27.1. The third-order valence-electron chi connectivity index (χ3n) is 2.35. The lowest BCUT2D eigenvalue weighted by Gasteiger charge is -2.09. The number of halogens is 2. The number of anilines is 1. The molecule has 0 fully saturated rings. The molecule has 1 aromatic carbocycles. The van der Waals surface area contributed by atoms with Gasteiger partial charge in [0.2, 0.25) is 0 Å². The molecule has 1 heterocycles. The van der Waals surface area contributed by atoms with E-state index in [-0.39, 0.29) is 0 Å². The Morgan fingerprint density at radius 3 is 2.19 bits per heavy atom. The van der Waals surface area contributed by atoms with Crippen LogP contribution in [0, 0.1) is 0 Å². The molecule has 108 valence electrons. The Morgan fingerprint density at radius 1 is 0.952 bits per heavy atom. The first-order valence-electron chi connectivity index (χ1n) is 5.78. The van der Waals surface area contributed by atoms with E-state index in [9.17, 15) is 9.59 Å². The minimum atomic E-state index is -0.629. The predicted molar refractivity (Wildman–Crippen MR) is 80.3 cm³/mol. The number of hydrazine groups is 1. The normalized spacial score (nSPS) is 9.81. The number of carbonyl (C=O) groups excluding carboxylic acids is 2. The Labute approximate surface area is 130 Å². The zero-order valence-corrected chi connectivity index (χ0v) is 12.1. The Hall–Kier alpha value is -2.31. The summed E-state index contributed by atoms with van der Waals surface area (Å²) in [7, 11) is 0. The van der Waals surface area contributed by atoms with Gasteiger partial charge in [0.1, 0.15) is 0 Å². The van der Waals surface area contributed by atoms with Gasteiger partial charge in [-0.05, 0) is 30.3 Å². The number of amides is 3. The molecule has 3 N–H and O–H groups in total. The molecule has 21 heavy (non-hydrogen) atoms. The monoisotopic (exact) mass is 324 g/mol. The molecule has 0 radical (unpaired) electrons. The molecule has 0 aliphatic rings. The van der Waals surface area contributed by atoms with Crippen molar-refractivity contribution in [1.29, 1.82) is 0 Å². The standard InChI is InChI=1S/C13H10Cl2N4O2/c14-9-5-10(15)7-11(6-9)17-13(21)19-18-12(20)8-1-3-16-4-2-8/h1-7H,(H,18,20)(H2,17,19,21). The highest BCUT2D eigenvalue weighted by Crippen LogP contribution is 2.22. The second kappa shape index (κ2) is 6.92. The van der Waals surface area contributed by atoms with Crippen molar-refractivity contribution in [3.8, 4) is 0 Å². The molecule has 0 bridgehead atoms. The minimum Gasteiger partial charge on any atom is -0.306 e. The SMILES string of the molecule is O=C(NNC(=O)c1ccncc1)Nc1cc(Cl)cc(Cl)c1. The third-order valence-corrected chi connectivity index (χ3v) is 2.79. The maximum atomic E-state index is 11.7. The lowest BCUT2D eigenvalue weighted by molar-refractivity contribution is 0.0938. The van der Waals surface area contributed by atoms with Crippen molar-refractivity contribution in [3.05, 3.63) is 58.3 Å². The molecule has 0 aliphatic carbocycles. The molecular formula is C13H10Cl2N4O2. The van der Waals surface area contributed by atoms with Gasteiger partial charge in [-0.2, -0.15) is 0 Å². The Bertz CT molecular complexity index is 644.